The summed E-state index contributed by atoms with van der Waals surface area (Å²) in [5.41, 5.74) is 0. The largest absolute Gasteiger partial charge is 0.411 e. The van der Waals surface area contributed by atoms with Crippen molar-refractivity contribution in [3.05, 3.63) is 23.3 Å². The lowest BCUT2D eigenvalue weighted by molar-refractivity contribution is -0.173. The number of rotatable bonds is 5. The lowest BCUT2D eigenvalue weighted by atomic mass is 10.4. The van der Waals surface area contributed by atoms with Gasteiger partial charge in [-0.2, -0.15) is 18.3 Å². The lowest BCUT2D eigenvalue weighted by Gasteiger charge is -2.05. The van der Waals surface area contributed by atoms with Crippen molar-refractivity contribution in [3.63, 3.8) is 0 Å². The first kappa shape index (κ1) is 13.0. The molecule has 2 heterocycles. The third kappa shape index (κ3) is 3.81. The van der Waals surface area contributed by atoms with Crippen LogP contribution in [-0.2, 0) is 11.2 Å². The molecule has 98 valence electrons. The lowest BCUT2D eigenvalue weighted by Crippen LogP contribution is -2.18. The van der Waals surface area contributed by atoms with E-state index in [0.29, 0.717) is 11.6 Å². The van der Waals surface area contributed by atoms with Crippen molar-refractivity contribution in [2.45, 2.75) is 12.6 Å². The Hall–Kier alpha value is -1.41. The van der Waals surface area contributed by atoms with Crippen LogP contribution in [0.1, 0.15) is 5.82 Å². The number of halogens is 3. The minimum absolute atomic E-state index is 0.0431. The molecule has 8 heteroatoms. The first-order valence-electron chi connectivity index (χ1n) is 5.14. The van der Waals surface area contributed by atoms with E-state index in [-0.39, 0.29) is 13.0 Å². The second-order valence-corrected chi connectivity index (χ2v) is 4.45. The zero-order valence-electron chi connectivity index (χ0n) is 9.20. The number of hydrogen-bond acceptors (Lipinski definition) is 4. The number of thiophene rings is 1. The molecule has 0 aliphatic rings. The van der Waals surface area contributed by atoms with Crippen molar-refractivity contribution in [1.29, 1.82) is 0 Å². The van der Waals surface area contributed by atoms with E-state index in [1.807, 2.05) is 17.5 Å². The number of H-pyrrole nitrogens is 1. The van der Waals surface area contributed by atoms with E-state index in [4.69, 9.17) is 0 Å². The van der Waals surface area contributed by atoms with Crippen LogP contribution in [0.5, 0.6) is 0 Å². The summed E-state index contributed by atoms with van der Waals surface area (Å²) >= 11 is 1.50. The van der Waals surface area contributed by atoms with Gasteiger partial charge in [-0.15, -0.1) is 11.3 Å². The highest BCUT2D eigenvalue weighted by Gasteiger charge is 2.27. The second-order valence-electron chi connectivity index (χ2n) is 3.50. The molecule has 0 saturated carbocycles. The van der Waals surface area contributed by atoms with Gasteiger partial charge in [-0.3, -0.25) is 5.10 Å². The first-order valence-corrected chi connectivity index (χ1v) is 6.02. The molecule has 0 saturated heterocycles. The quantitative estimate of drug-likeness (QED) is 0.855. The van der Waals surface area contributed by atoms with Crippen LogP contribution in [0.3, 0.4) is 0 Å². The Morgan fingerprint density at radius 2 is 2.22 bits per heavy atom. The molecule has 0 aliphatic carbocycles. The van der Waals surface area contributed by atoms with E-state index in [9.17, 15) is 13.2 Å². The molecule has 0 fully saturated rings. The smallest absolute Gasteiger partial charge is 0.372 e. The molecule has 0 unspecified atom stereocenters. The van der Waals surface area contributed by atoms with Gasteiger partial charge in [0.25, 0.3) is 0 Å². The summed E-state index contributed by atoms with van der Waals surface area (Å²) in [4.78, 5) is 5.08. The molecule has 0 bridgehead atoms. The third-order valence-electron chi connectivity index (χ3n) is 2.02. The highest BCUT2D eigenvalue weighted by molar-refractivity contribution is 7.13. The molecule has 2 aromatic rings. The summed E-state index contributed by atoms with van der Waals surface area (Å²) in [5.74, 6) is 1.07. The van der Waals surface area contributed by atoms with Crippen LogP contribution < -0.4 is 0 Å². The van der Waals surface area contributed by atoms with Crippen molar-refractivity contribution in [2.24, 2.45) is 0 Å². The molecule has 0 aliphatic heterocycles. The van der Waals surface area contributed by atoms with Gasteiger partial charge in [-0.05, 0) is 11.4 Å². The standard InChI is InChI=1S/C10H10F3N3OS/c11-10(12,13)6-17-4-3-8-14-9(16-15-8)7-2-1-5-18-7/h1-2,5H,3-4,6H2,(H,14,15,16). The summed E-state index contributed by atoms with van der Waals surface area (Å²) in [5, 5.41) is 8.56. The molecule has 2 aromatic heterocycles. The molecule has 0 aromatic carbocycles. The average Bonchev–Trinajstić information content (AvgIpc) is 2.93. The molecule has 0 atom stereocenters. The number of aromatic nitrogens is 3. The Labute approximate surface area is 105 Å². The maximum atomic E-state index is 11.8. The Morgan fingerprint density at radius 1 is 1.39 bits per heavy atom. The van der Waals surface area contributed by atoms with Crippen molar-refractivity contribution in [2.75, 3.05) is 13.2 Å². The summed E-state index contributed by atoms with van der Waals surface area (Å²) in [6.07, 6.45) is -4.02. The fraction of sp³-hybridized carbons (Fsp3) is 0.400. The van der Waals surface area contributed by atoms with Crippen molar-refractivity contribution in [1.82, 2.24) is 15.2 Å². The van der Waals surface area contributed by atoms with E-state index >= 15 is 0 Å². The Morgan fingerprint density at radius 3 is 2.89 bits per heavy atom. The van der Waals surface area contributed by atoms with Gasteiger partial charge in [0.05, 0.1) is 11.5 Å². The van der Waals surface area contributed by atoms with Crippen LogP contribution in [0.15, 0.2) is 17.5 Å². The minimum Gasteiger partial charge on any atom is -0.372 e. The van der Waals surface area contributed by atoms with Gasteiger partial charge in [-0.25, -0.2) is 4.98 Å². The van der Waals surface area contributed by atoms with Gasteiger partial charge in [-0.1, -0.05) is 6.07 Å². The molecular formula is C10H10F3N3OS. The van der Waals surface area contributed by atoms with E-state index in [1.165, 1.54) is 11.3 Å². The summed E-state index contributed by atoms with van der Waals surface area (Å²) < 4.78 is 39.9. The van der Waals surface area contributed by atoms with Gasteiger partial charge in [0.2, 0.25) is 0 Å². The van der Waals surface area contributed by atoms with Crippen molar-refractivity contribution < 1.29 is 17.9 Å². The Bertz CT molecular complexity index is 481. The van der Waals surface area contributed by atoms with Crippen molar-refractivity contribution in [3.8, 4) is 10.7 Å². The van der Waals surface area contributed by atoms with Crippen LogP contribution >= 0.6 is 11.3 Å². The fourth-order valence-corrected chi connectivity index (χ4v) is 1.94. The zero-order valence-corrected chi connectivity index (χ0v) is 10.0. The molecule has 0 amide bonds. The van der Waals surface area contributed by atoms with E-state index in [1.54, 1.807) is 0 Å². The molecule has 2 rings (SSSR count). The maximum absolute atomic E-state index is 11.8. The predicted octanol–water partition coefficient (Wildman–Crippen LogP) is 2.65. The van der Waals surface area contributed by atoms with E-state index in [0.717, 1.165) is 4.88 Å². The molecular weight excluding hydrogens is 267 g/mol. The van der Waals surface area contributed by atoms with Gasteiger partial charge >= 0.3 is 6.18 Å². The first-order chi connectivity index (χ1) is 8.54. The predicted molar refractivity (Wildman–Crippen MR) is 60.3 cm³/mol. The van der Waals surface area contributed by atoms with Gasteiger partial charge in [0.15, 0.2) is 5.82 Å². The van der Waals surface area contributed by atoms with Crippen LogP contribution in [0, 0.1) is 0 Å². The highest BCUT2D eigenvalue weighted by atomic mass is 32.1. The van der Waals surface area contributed by atoms with E-state index in [2.05, 4.69) is 19.9 Å². The van der Waals surface area contributed by atoms with Gasteiger partial charge in [0.1, 0.15) is 12.4 Å². The number of nitrogens with one attached hydrogen (secondary N) is 1. The van der Waals surface area contributed by atoms with E-state index < -0.39 is 12.8 Å². The SMILES string of the molecule is FC(F)(F)COCCc1nc(-c2cccs2)n[nH]1. The number of ether oxygens (including phenoxy) is 1. The number of hydrogen-bond donors (Lipinski definition) is 1. The normalized spacial score (nSPS) is 11.9. The summed E-state index contributed by atoms with van der Waals surface area (Å²) in [6, 6.07) is 3.75. The zero-order chi connectivity index (χ0) is 13.0. The highest BCUT2D eigenvalue weighted by Crippen LogP contribution is 2.20. The number of nitrogens with zero attached hydrogens (tertiary/aromatic N) is 2. The van der Waals surface area contributed by atoms with Crippen molar-refractivity contribution >= 4 is 11.3 Å². The van der Waals surface area contributed by atoms with Crippen LogP contribution in [-0.4, -0.2) is 34.6 Å². The fourth-order valence-electron chi connectivity index (χ4n) is 1.28. The average molecular weight is 277 g/mol. The summed E-state index contributed by atoms with van der Waals surface area (Å²) in [7, 11) is 0. The second kappa shape index (κ2) is 5.49. The molecule has 0 spiro atoms. The monoisotopic (exact) mass is 277 g/mol. The maximum Gasteiger partial charge on any atom is 0.411 e. The number of alkyl halides is 3. The summed E-state index contributed by atoms with van der Waals surface area (Å²) in [6.45, 7) is -1.28. The topological polar surface area (TPSA) is 50.8 Å². The molecule has 18 heavy (non-hydrogen) atoms. The van der Waals surface area contributed by atoms with Crippen LogP contribution in [0.4, 0.5) is 13.2 Å². The third-order valence-corrected chi connectivity index (χ3v) is 2.89. The number of aromatic amines is 1. The minimum atomic E-state index is -4.29. The molecule has 4 nitrogen and oxygen atoms in total. The van der Waals surface area contributed by atoms with Crippen LogP contribution in [0.2, 0.25) is 0 Å². The van der Waals surface area contributed by atoms with Gasteiger partial charge in [0, 0.05) is 6.42 Å². The molecule has 1 N–H and O–H groups in total. The Kier molecular flexibility index (Phi) is 3.97. The van der Waals surface area contributed by atoms with Crippen LogP contribution in [0.25, 0.3) is 10.7 Å². The van der Waals surface area contributed by atoms with Gasteiger partial charge < -0.3 is 4.74 Å². The molecule has 0 radical (unpaired) electrons. The Balaban J connectivity index is 1.81.